The summed E-state index contributed by atoms with van der Waals surface area (Å²) in [6.07, 6.45) is -3.87. The summed E-state index contributed by atoms with van der Waals surface area (Å²) in [6, 6.07) is 3.54. The average molecular weight is 310 g/mol. The molecule has 0 aliphatic heterocycles. The number of hydrogen-bond acceptors (Lipinski definition) is 2. The summed E-state index contributed by atoms with van der Waals surface area (Å²) in [5, 5.41) is 2.94. The van der Waals surface area contributed by atoms with Crippen molar-refractivity contribution >= 4 is 17.3 Å². The first-order valence-electron chi connectivity index (χ1n) is 6.23. The van der Waals surface area contributed by atoms with Crippen LogP contribution >= 0.6 is 11.6 Å². The highest BCUT2D eigenvalue weighted by molar-refractivity contribution is 6.30. The van der Waals surface area contributed by atoms with Gasteiger partial charge in [-0.05, 0) is 45.4 Å². The molecular formula is C14H19ClF3NO. The molecule has 0 bridgehead atoms. The quantitative estimate of drug-likeness (QED) is 0.828. The lowest BCUT2D eigenvalue weighted by Gasteiger charge is -2.28. The molecule has 0 saturated heterocycles. The van der Waals surface area contributed by atoms with Crippen molar-refractivity contribution in [3.63, 3.8) is 0 Å². The minimum atomic E-state index is -4.44. The monoisotopic (exact) mass is 309 g/mol. The van der Waals surface area contributed by atoms with Crippen molar-refractivity contribution in [1.82, 2.24) is 0 Å². The summed E-state index contributed by atoms with van der Waals surface area (Å²) in [6.45, 7) is 5.59. The highest BCUT2D eigenvalue weighted by atomic mass is 35.5. The number of ether oxygens (including phenoxy) is 1. The molecule has 0 heterocycles. The summed E-state index contributed by atoms with van der Waals surface area (Å²) in [4.78, 5) is 0. The van der Waals surface area contributed by atoms with Crippen LogP contribution in [0.1, 0.15) is 32.8 Å². The normalized spacial score (nSPS) is 14.2. The van der Waals surface area contributed by atoms with Crippen LogP contribution in [-0.4, -0.2) is 18.8 Å². The van der Waals surface area contributed by atoms with E-state index in [4.69, 9.17) is 16.3 Å². The van der Waals surface area contributed by atoms with Gasteiger partial charge in [0, 0.05) is 23.9 Å². The molecule has 1 rings (SSSR count). The molecule has 0 radical (unpaired) electrons. The van der Waals surface area contributed by atoms with E-state index >= 15 is 0 Å². The molecule has 20 heavy (non-hydrogen) atoms. The average Bonchev–Trinajstić information content (AvgIpc) is 2.29. The second-order valence-corrected chi connectivity index (χ2v) is 5.84. The van der Waals surface area contributed by atoms with E-state index in [1.807, 2.05) is 20.8 Å². The predicted molar refractivity (Wildman–Crippen MR) is 75.2 cm³/mol. The van der Waals surface area contributed by atoms with Crippen molar-refractivity contribution in [1.29, 1.82) is 0 Å². The largest absolute Gasteiger partial charge is 0.418 e. The molecule has 0 aromatic heterocycles. The van der Waals surface area contributed by atoms with Gasteiger partial charge in [0.25, 0.3) is 0 Å². The lowest BCUT2D eigenvalue weighted by molar-refractivity contribution is -0.137. The first-order valence-corrected chi connectivity index (χ1v) is 6.61. The maximum absolute atomic E-state index is 13.0. The van der Waals surface area contributed by atoms with E-state index in [2.05, 4.69) is 5.32 Å². The number of alkyl halides is 3. The Bertz CT molecular complexity index is 460. The first kappa shape index (κ1) is 17.1. The molecule has 0 aliphatic rings. The van der Waals surface area contributed by atoms with Crippen molar-refractivity contribution in [2.24, 2.45) is 0 Å². The van der Waals surface area contributed by atoms with Crippen LogP contribution in [0.4, 0.5) is 18.9 Å². The van der Waals surface area contributed by atoms with E-state index in [-0.39, 0.29) is 16.8 Å². The van der Waals surface area contributed by atoms with Crippen LogP contribution in [0, 0.1) is 0 Å². The van der Waals surface area contributed by atoms with Crippen molar-refractivity contribution < 1.29 is 17.9 Å². The molecule has 0 fully saturated rings. The van der Waals surface area contributed by atoms with E-state index < -0.39 is 17.3 Å². The van der Waals surface area contributed by atoms with Crippen LogP contribution in [-0.2, 0) is 10.9 Å². The molecule has 1 N–H and O–H groups in total. The Balaban J connectivity index is 2.93. The Morgan fingerprint density at radius 2 is 1.90 bits per heavy atom. The van der Waals surface area contributed by atoms with Gasteiger partial charge in [-0.25, -0.2) is 0 Å². The lowest BCUT2D eigenvalue weighted by Crippen LogP contribution is -2.31. The Kier molecular flexibility index (Phi) is 5.33. The van der Waals surface area contributed by atoms with Crippen LogP contribution in [0.2, 0.25) is 5.02 Å². The topological polar surface area (TPSA) is 21.3 Å². The van der Waals surface area contributed by atoms with Crippen molar-refractivity contribution in [2.45, 2.75) is 45.0 Å². The Labute approximate surface area is 122 Å². The number of halogens is 4. The third-order valence-electron chi connectivity index (χ3n) is 3.04. The van der Waals surface area contributed by atoms with E-state index in [1.165, 1.54) is 12.1 Å². The van der Waals surface area contributed by atoms with Gasteiger partial charge in [-0.2, -0.15) is 13.2 Å². The second kappa shape index (κ2) is 6.22. The van der Waals surface area contributed by atoms with E-state index in [1.54, 1.807) is 7.11 Å². The van der Waals surface area contributed by atoms with Crippen LogP contribution in [0.3, 0.4) is 0 Å². The molecule has 1 atom stereocenters. The summed E-state index contributed by atoms with van der Waals surface area (Å²) < 4.78 is 44.2. The highest BCUT2D eigenvalue weighted by Crippen LogP contribution is 2.37. The van der Waals surface area contributed by atoms with Crippen molar-refractivity contribution in [3.05, 3.63) is 28.8 Å². The van der Waals surface area contributed by atoms with Gasteiger partial charge in [0.2, 0.25) is 0 Å². The van der Waals surface area contributed by atoms with Gasteiger partial charge in [-0.15, -0.1) is 0 Å². The standard InChI is InChI=1S/C14H19ClF3NO/c1-9(8-13(2,3)20-4)19-12-6-5-10(15)7-11(12)14(16,17)18/h5-7,9,19H,8H2,1-4H3. The molecule has 1 unspecified atom stereocenters. The van der Waals surface area contributed by atoms with Gasteiger partial charge in [-0.3, -0.25) is 0 Å². The number of nitrogens with one attached hydrogen (secondary N) is 1. The van der Waals surface area contributed by atoms with E-state index in [9.17, 15) is 13.2 Å². The van der Waals surface area contributed by atoms with Crippen molar-refractivity contribution in [3.8, 4) is 0 Å². The van der Waals surface area contributed by atoms with Gasteiger partial charge in [0.05, 0.1) is 11.2 Å². The zero-order valence-electron chi connectivity index (χ0n) is 11.9. The number of benzene rings is 1. The minimum Gasteiger partial charge on any atom is -0.382 e. The Morgan fingerprint density at radius 1 is 1.30 bits per heavy atom. The number of hydrogen-bond donors (Lipinski definition) is 1. The molecule has 6 heteroatoms. The molecule has 1 aromatic carbocycles. The van der Waals surface area contributed by atoms with Crippen molar-refractivity contribution in [2.75, 3.05) is 12.4 Å². The third-order valence-corrected chi connectivity index (χ3v) is 3.27. The van der Waals surface area contributed by atoms with Gasteiger partial charge in [0.1, 0.15) is 0 Å². The number of rotatable bonds is 5. The fourth-order valence-electron chi connectivity index (χ4n) is 2.01. The predicted octanol–water partition coefficient (Wildman–Crippen LogP) is 4.97. The van der Waals surface area contributed by atoms with Gasteiger partial charge >= 0.3 is 6.18 Å². The summed E-state index contributed by atoms with van der Waals surface area (Å²) >= 11 is 5.64. The van der Waals surface area contributed by atoms with Crippen LogP contribution in [0.25, 0.3) is 0 Å². The Hall–Kier alpha value is -0.940. The molecule has 2 nitrogen and oxygen atoms in total. The van der Waals surface area contributed by atoms with Crippen LogP contribution in [0.15, 0.2) is 18.2 Å². The van der Waals surface area contributed by atoms with Gasteiger partial charge in [0.15, 0.2) is 0 Å². The lowest BCUT2D eigenvalue weighted by atomic mass is 9.99. The molecule has 114 valence electrons. The number of anilines is 1. The minimum absolute atomic E-state index is 0.0290. The van der Waals surface area contributed by atoms with Gasteiger partial charge in [-0.1, -0.05) is 11.6 Å². The molecular weight excluding hydrogens is 291 g/mol. The maximum Gasteiger partial charge on any atom is 0.418 e. The smallest absolute Gasteiger partial charge is 0.382 e. The van der Waals surface area contributed by atoms with E-state index in [0.29, 0.717) is 6.42 Å². The van der Waals surface area contributed by atoms with Crippen LogP contribution < -0.4 is 5.32 Å². The zero-order valence-corrected chi connectivity index (χ0v) is 12.7. The third kappa shape index (κ3) is 4.87. The van der Waals surface area contributed by atoms with Crippen LogP contribution in [0.5, 0.6) is 0 Å². The van der Waals surface area contributed by atoms with Gasteiger partial charge < -0.3 is 10.1 Å². The maximum atomic E-state index is 13.0. The molecule has 0 amide bonds. The molecule has 0 saturated carbocycles. The molecule has 0 spiro atoms. The SMILES string of the molecule is COC(C)(C)CC(C)Nc1ccc(Cl)cc1C(F)(F)F. The highest BCUT2D eigenvalue weighted by Gasteiger charge is 2.34. The zero-order chi connectivity index (χ0) is 15.6. The summed E-state index contributed by atoms with van der Waals surface area (Å²) in [5.41, 5.74) is -1.13. The molecule has 0 aliphatic carbocycles. The summed E-state index contributed by atoms with van der Waals surface area (Å²) in [7, 11) is 1.58. The Morgan fingerprint density at radius 3 is 2.40 bits per heavy atom. The first-order chi connectivity index (χ1) is 9.05. The van der Waals surface area contributed by atoms with E-state index in [0.717, 1.165) is 6.07 Å². The second-order valence-electron chi connectivity index (χ2n) is 5.40. The fraction of sp³-hybridized carbons (Fsp3) is 0.571. The number of methoxy groups -OCH3 is 1. The molecule has 1 aromatic rings. The fourth-order valence-corrected chi connectivity index (χ4v) is 2.19. The summed E-state index contributed by atoms with van der Waals surface area (Å²) in [5.74, 6) is 0.